The normalized spacial score (nSPS) is 14.0. The summed E-state index contributed by atoms with van der Waals surface area (Å²) in [6.07, 6.45) is 4.10. The largest absolute Gasteiger partial charge is 0.465 e. The van der Waals surface area contributed by atoms with Crippen molar-refractivity contribution in [2.75, 3.05) is 12.4 Å². The number of anilines is 1. The Morgan fingerprint density at radius 1 is 1.48 bits per heavy atom. The number of amides is 1. The van der Waals surface area contributed by atoms with Crippen LogP contribution in [-0.2, 0) is 4.74 Å². The first-order chi connectivity index (χ1) is 10.1. The van der Waals surface area contributed by atoms with E-state index in [0.717, 1.165) is 17.3 Å². The molecule has 5 nitrogen and oxygen atoms in total. The molecule has 1 amide bonds. The molecular weight excluding hydrogens is 356 g/mol. The van der Waals surface area contributed by atoms with Gasteiger partial charge in [0.25, 0.3) is 5.91 Å². The van der Waals surface area contributed by atoms with Crippen molar-refractivity contribution >= 4 is 44.8 Å². The summed E-state index contributed by atoms with van der Waals surface area (Å²) < 4.78 is 7.56. The van der Waals surface area contributed by atoms with Crippen molar-refractivity contribution < 1.29 is 14.3 Å². The second-order valence-electron chi connectivity index (χ2n) is 4.79. The molecule has 110 valence electrons. The maximum absolute atomic E-state index is 12.4. The summed E-state index contributed by atoms with van der Waals surface area (Å²) in [5.74, 6) is -0.671. The van der Waals surface area contributed by atoms with Gasteiger partial charge in [-0.15, -0.1) is 11.3 Å². The van der Waals surface area contributed by atoms with E-state index in [9.17, 15) is 9.59 Å². The predicted molar refractivity (Wildman–Crippen MR) is 84.0 cm³/mol. The number of carbonyl (C=O) groups is 2. The van der Waals surface area contributed by atoms with Gasteiger partial charge in [0.2, 0.25) is 0 Å². The zero-order valence-electron chi connectivity index (χ0n) is 11.3. The average molecular weight is 369 g/mol. The maximum atomic E-state index is 12.4. The molecule has 1 saturated carbocycles. The minimum atomic E-state index is -0.445. The maximum Gasteiger partial charge on any atom is 0.350 e. The van der Waals surface area contributed by atoms with Crippen LogP contribution in [-0.4, -0.2) is 23.6 Å². The molecule has 0 aliphatic heterocycles. The number of nitrogens with one attached hydrogen (secondary N) is 1. The first-order valence-electron chi connectivity index (χ1n) is 6.44. The van der Waals surface area contributed by atoms with E-state index in [1.807, 2.05) is 10.8 Å². The molecule has 1 aliphatic carbocycles. The van der Waals surface area contributed by atoms with Gasteiger partial charge in [0.1, 0.15) is 10.6 Å². The zero-order valence-corrected chi connectivity index (χ0v) is 13.7. The molecular formula is C14H13BrN2O3S. The van der Waals surface area contributed by atoms with Gasteiger partial charge in [-0.3, -0.25) is 4.79 Å². The Bertz CT molecular complexity index is 703. The lowest BCUT2D eigenvalue weighted by Crippen LogP contribution is -2.17. The molecule has 21 heavy (non-hydrogen) atoms. The van der Waals surface area contributed by atoms with Crippen LogP contribution in [0.15, 0.2) is 28.2 Å². The van der Waals surface area contributed by atoms with Crippen LogP contribution in [0.3, 0.4) is 0 Å². The number of nitrogens with zero attached hydrogens (tertiary/aromatic N) is 1. The second-order valence-corrected chi connectivity index (χ2v) is 6.62. The first kappa shape index (κ1) is 14.3. The summed E-state index contributed by atoms with van der Waals surface area (Å²) in [4.78, 5) is 24.5. The van der Waals surface area contributed by atoms with E-state index < -0.39 is 5.97 Å². The SMILES string of the molecule is COC(=O)c1sccc1NC(=O)c1cc(Br)cn1C1CC1. The Kier molecular flexibility index (Phi) is 3.86. The Morgan fingerprint density at radius 2 is 2.24 bits per heavy atom. The van der Waals surface area contributed by atoms with Crippen LogP contribution in [0.5, 0.6) is 0 Å². The van der Waals surface area contributed by atoms with Gasteiger partial charge in [-0.25, -0.2) is 4.79 Å². The van der Waals surface area contributed by atoms with Crippen molar-refractivity contribution in [3.8, 4) is 0 Å². The van der Waals surface area contributed by atoms with Crippen LogP contribution >= 0.6 is 27.3 Å². The van der Waals surface area contributed by atoms with Gasteiger partial charge in [0.05, 0.1) is 12.8 Å². The van der Waals surface area contributed by atoms with Crippen molar-refractivity contribution in [1.29, 1.82) is 0 Å². The number of hydrogen-bond donors (Lipinski definition) is 1. The summed E-state index contributed by atoms with van der Waals surface area (Å²) in [5.41, 5.74) is 1.07. The second kappa shape index (κ2) is 5.65. The lowest BCUT2D eigenvalue weighted by Gasteiger charge is -2.08. The molecule has 2 aromatic rings. The summed E-state index contributed by atoms with van der Waals surface area (Å²) in [6, 6.07) is 3.89. The molecule has 2 aromatic heterocycles. The highest BCUT2D eigenvalue weighted by atomic mass is 79.9. The van der Waals surface area contributed by atoms with Crippen molar-refractivity contribution in [2.45, 2.75) is 18.9 Å². The Morgan fingerprint density at radius 3 is 2.90 bits per heavy atom. The van der Waals surface area contributed by atoms with Gasteiger partial charge >= 0.3 is 5.97 Å². The van der Waals surface area contributed by atoms with E-state index in [0.29, 0.717) is 22.3 Å². The number of esters is 1. The summed E-state index contributed by atoms with van der Waals surface area (Å²) >= 11 is 4.64. The Labute approximate surface area is 134 Å². The third kappa shape index (κ3) is 2.89. The molecule has 1 aliphatic rings. The lowest BCUT2D eigenvalue weighted by atomic mass is 10.3. The van der Waals surface area contributed by atoms with E-state index >= 15 is 0 Å². The minimum absolute atomic E-state index is 0.226. The van der Waals surface area contributed by atoms with Crippen LogP contribution in [0.4, 0.5) is 5.69 Å². The zero-order chi connectivity index (χ0) is 15.0. The lowest BCUT2D eigenvalue weighted by molar-refractivity contribution is 0.0607. The fraction of sp³-hybridized carbons (Fsp3) is 0.286. The number of methoxy groups -OCH3 is 1. The van der Waals surface area contributed by atoms with E-state index in [2.05, 4.69) is 21.2 Å². The van der Waals surface area contributed by atoms with E-state index in [1.165, 1.54) is 18.4 Å². The van der Waals surface area contributed by atoms with Crippen molar-refractivity contribution in [3.63, 3.8) is 0 Å². The molecule has 0 spiro atoms. The molecule has 0 unspecified atom stereocenters. The molecule has 2 heterocycles. The summed E-state index contributed by atoms with van der Waals surface area (Å²) in [5, 5.41) is 4.54. The summed E-state index contributed by atoms with van der Waals surface area (Å²) in [7, 11) is 1.32. The molecule has 1 fully saturated rings. The molecule has 0 bridgehead atoms. The van der Waals surface area contributed by atoms with Gasteiger partial charge in [-0.1, -0.05) is 0 Å². The fourth-order valence-electron chi connectivity index (χ4n) is 2.13. The fourth-order valence-corrected chi connectivity index (χ4v) is 3.33. The molecule has 0 atom stereocenters. The van der Waals surface area contributed by atoms with Crippen LogP contribution in [0.25, 0.3) is 0 Å². The van der Waals surface area contributed by atoms with Crippen molar-refractivity contribution in [1.82, 2.24) is 4.57 Å². The molecule has 0 saturated heterocycles. The van der Waals surface area contributed by atoms with Gasteiger partial charge in [0, 0.05) is 16.7 Å². The average Bonchev–Trinajstić information content (AvgIpc) is 3.09. The van der Waals surface area contributed by atoms with Crippen LogP contribution < -0.4 is 5.32 Å². The monoisotopic (exact) mass is 368 g/mol. The number of ether oxygens (including phenoxy) is 1. The van der Waals surface area contributed by atoms with Crippen LogP contribution in [0.1, 0.15) is 39.0 Å². The number of aromatic nitrogens is 1. The van der Waals surface area contributed by atoms with Gasteiger partial charge < -0.3 is 14.6 Å². The highest BCUT2D eigenvalue weighted by Gasteiger charge is 2.28. The molecule has 0 radical (unpaired) electrons. The summed E-state index contributed by atoms with van der Waals surface area (Å²) in [6.45, 7) is 0. The third-order valence-electron chi connectivity index (χ3n) is 3.27. The number of rotatable bonds is 4. The van der Waals surface area contributed by atoms with Crippen LogP contribution in [0, 0.1) is 0 Å². The number of hydrogen-bond acceptors (Lipinski definition) is 4. The molecule has 1 N–H and O–H groups in total. The highest BCUT2D eigenvalue weighted by molar-refractivity contribution is 9.10. The minimum Gasteiger partial charge on any atom is -0.465 e. The smallest absolute Gasteiger partial charge is 0.350 e. The Balaban J connectivity index is 1.84. The van der Waals surface area contributed by atoms with E-state index in [1.54, 1.807) is 17.5 Å². The van der Waals surface area contributed by atoms with Crippen molar-refractivity contribution in [2.24, 2.45) is 0 Å². The van der Waals surface area contributed by atoms with Gasteiger partial charge in [-0.2, -0.15) is 0 Å². The van der Waals surface area contributed by atoms with Gasteiger partial charge in [-0.05, 0) is 46.3 Å². The third-order valence-corrected chi connectivity index (χ3v) is 4.60. The number of thiophene rings is 1. The standard InChI is InChI=1S/C14H13BrN2O3S/c1-20-14(19)12-10(4-5-21-12)16-13(18)11-6-8(15)7-17(11)9-2-3-9/h4-7,9H,2-3H2,1H3,(H,16,18). The van der Waals surface area contributed by atoms with Crippen LogP contribution in [0.2, 0.25) is 0 Å². The quantitative estimate of drug-likeness (QED) is 0.837. The van der Waals surface area contributed by atoms with E-state index in [-0.39, 0.29) is 5.91 Å². The molecule has 7 heteroatoms. The predicted octanol–water partition coefficient (Wildman–Crippen LogP) is 3.69. The van der Waals surface area contributed by atoms with Gasteiger partial charge in [0.15, 0.2) is 0 Å². The number of carbonyl (C=O) groups excluding carboxylic acids is 2. The first-order valence-corrected chi connectivity index (χ1v) is 8.12. The highest BCUT2D eigenvalue weighted by Crippen LogP contribution is 2.37. The molecule has 3 rings (SSSR count). The van der Waals surface area contributed by atoms with Crippen molar-refractivity contribution in [3.05, 3.63) is 38.8 Å². The Hall–Kier alpha value is -1.60. The topological polar surface area (TPSA) is 60.3 Å². The molecule has 0 aromatic carbocycles. The van der Waals surface area contributed by atoms with E-state index in [4.69, 9.17) is 4.74 Å². The number of halogens is 1.